The third-order valence-corrected chi connectivity index (χ3v) is 2.05. The van der Waals surface area contributed by atoms with Crippen LogP contribution < -0.4 is 4.74 Å². The summed E-state index contributed by atoms with van der Waals surface area (Å²) in [6.07, 6.45) is 3.67. The van der Waals surface area contributed by atoms with Gasteiger partial charge in [-0.05, 0) is 0 Å². The van der Waals surface area contributed by atoms with E-state index in [0.29, 0.717) is 5.75 Å². The van der Waals surface area contributed by atoms with Crippen LogP contribution in [-0.4, -0.2) is 31.8 Å². The van der Waals surface area contributed by atoms with Crippen molar-refractivity contribution in [2.75, 3.05) is 13.4 Å². The molecule has 0 aliphatic heterocycles. The van der Waals surface area contributed by atoms with Crippen LogP contribution in [-0.2, 0) is 9.84 Å². The first-order valence-electron chi connectivity index (χ1n) is 3.10. The fourth-order valence-corrected chi connectivity index (χ4v) is 1.09. The van der Waals surface area contributed by atoms with Crippen molar-refractivity contribution in [3.05, 3.63) is 12.4 Å². The summed E-state index contributed by atoms with van der Waals surface area (Å²) < 4.78 is 26.5. The molecule has 0 bridgehead atoms. The van der Waals surface area contributed by atoms with E-state index in [9.17, 15) is 8.42 Å². The molecular formula is C6H8N2O3S. The van der Waals surface area contributed by atoms with Crippen LogP contribution in [0.15, 0.2) is 17.6 Å². The van der Waals surface area contributed by atoms with Gasteiger partial charge in [0, 0.05) is 6.26 Å². The third kappa shape index (κ3) is 1.91. The second kappa shape index (κ2) is 3.06. The van der Waals surface area contributed by atoms with Crippen LogP contribution in [0.4, 0.5) is 0 Å². The Morgan fingerprint density at radius 1 is 1.33 bits per heavy atom. The second-order valence-electron chi connectivity index (χ2n) is 2.18. The zero-order chi connectivity index (χ0) is 9.19. The van der Waals surface area contributed by atoms with Gasteiger partial charge in [-0.1, -0.05) is 0 Å². The minimum absolute atomic E-state index is 0.191. The van der Waals surface area contributed by atoms with Gasteiger partial charge < -0.3 is 4.74 Å². The molecule has 6 heteroatoms. The van der Waals surface area contributed by atoms with E-state index in [1.54, 1.807) is 0 Å². The SMILES string of the molecule is COc1cnc(S(C)(=O)=O)nc1. The first-order chi connectivity index (χ1) is 5.54. The van der Waals surface area contributed by atoms with Crippen LogP contribution in [0.2, 0.25) is 0 Å². The van der Waals surface area contributed by atoms with Gasteiger partial charge in [0.2, 0.25) is 15.0 Å². The lowest BCUT2D eigenvalue weighted by Crippen LogP contribution is -2.03. The Hall–Kier alpha value is -1.17. The van der Waals surface area contributed by atoms with Gasteiger partial charge in [-0.15, -0.1) is 0 Å². The van der Waals surface area contributed by atoms with Crippen LogP contribution >= 0.6 is 0 Å². The van der Waals surface area contributed by atoms with E-state index in [-0.39, 0.29) is 5.16 Å². The molecule has 0 fully saturated rings. The highest BCUT2D eigenvalue weighted by Crippen LogP contribution is 2.07. The number of aromatic nitrogens is 2. The highest BCUT2D eigenvalue weighted by molar-refractivity contribution is 7.90. The lowest BCUT2D eigenvalue weighted by atomic mass is 10.6. The molecule has 1 aromatic heterocycles. The summed E-state index contributed by atoms with van der Waals surface area (Å²) in [5.41, 5.74) is 0. The smallest absolute Gasteiger partial charge is 0.246 e. The average molecular weight is 188 g/mol. The molecule has 0 aliphatic rings. The van der Waals surface area contributed by atoms with E-state index >= 15 is 0 Å². The number of methoxy groups -OCH3 is 1. The summed E-state index contributed by atoms with van der Waals surface area (Å²) in [7, 11) is -1.85. The van der Waals surface area contributed by atoms with Crippen molar-refractivity contribution in [2.24, 2.45) is 0 Å². The summed E-state index contributed by atoms with van der Waals surface area (Å²) in [5, 5.41) is -0.191. The number of nitrogens with zero attached hydrogens (tertiary/aromatic N) is 2. The van der Waals surface area contributed by atoms with Gasteiger partial charge in [-0.2, -0.15) is 0 Å². The summed E-state index contributed by atoms with van der Waals surface area (Å²) in [4.78, 5) is 7.19. The minimum Gasteiger partial charge on any atom is -0.494 e. The molecule has 1 heterocycles. The lowest BCUT2D eigenvalue weighted by molar-refractivity contribution is 0.409. The fourth-order valence-electron chi connectivity index (χ4n) is 0.601. The maximum Gasteiger partial charge on any atom is 0.246 e. The lowest BCUT2D eigenvalue weighted by Gasteiger charge is -1.98. The zero-order valence-corrected chi connectivity index (χ0v) is 7.50. The summed E-state index contributed by atoms with van der Waals surface area (Å²) in [6, 6.07) is 0. The Morgan fingerprint density at radius 2 is 1.83 bits per heavy atom. The molecule has 0 unspecified atom stereocenters. The molecule has 0 atom stereocenters. The fraction of sp³-hybridized carbons (Fsp3) is 0.333. The Kier molecular flexibility index (Phi) is 2.27. The molecule has 0 aliphatic carbocycles. The standard InChI is InChI=1S/C6H8N2O3S/c1-11-5-3-7-6(8-4-5)12(2,9)10/h3-4H,1-2H3. The first kappa shape index (κ1) is 8.92. The predicted octanol–water partition coefficient (Wildman–Crippen LogP) is -0.111. The van der Waals surface area contributed by atoms with E-state index in [0.717, 1.165) is 6.26 Å². The van der Waals surface area contributed by atoms with E-state index in [4.69, 9.17) is 4.74 Å². The number of rotatable bonds is 2. The number of ether oxygens (including phenoxy) is 1. The van der Waals surface area contributed by atoms with Crippen molar-refractivity contribution in [3.8, 4) is 5.75 Å². The number of hydrogen-bond donors (Lipinski definition) is 0. The second-order valence-corrected chi connectivity index (χ2v) is 4.09. The molecule has 0 saturated heterocycles. The minimum atomic E-state index is -3.31. The van der Waals surface area contributed by atoms with Gasteiger partial charge in [0.05, 0.1) is 19.5 Å². The van der Waals surface area contributed by atoms with Crippen molar-refractivity contribution in [2.45, 2.75) is 5.16 Å². The van der Waals surface area contributed by atoms with Gasteiger partial charge >= 0.3 is 0 Å². The molecule has 0 amide bonds. The predicted molar refractivity (Wildman–Crippen MR) is 41.7 cm³/mol. The number of hydrogen-bond acceptors (Lipinski definition) is 5. The maximum absolute atomic E-state index is 10.9. The normalized spacial score (nSPS) is 11.2. The van der Waals surface area contributed by atoms with Crippen LogP contribution in [0.5, 0.6) is 5.75 Å². The topological polar surface area (TPSA) is 69.2 Å². The van der Waals surface area contributed by atoms with Crippen LogP contribution in [0.3, 0.4) is 0 Å². The van der Waals surface area contributed by atoms with Gasteiger partial charge in [-0.3, -0.25) is 0 Å². The molecule has 1 aromatic rings. The molecule has 66 valence electrons. The Morgan fingerprint density at radius 3 is 2.17 bits per heavy atom. The summed E-state index contributed by atoms with van der Waals surface area (Å²) >= 11 is 0. The molecule has 0 saturated carbocycles. The summed E-state index contributed by atoms with van der Waals surface area (Å²) in [5.74, 6) is 0.433. The highest BCUT2D eigenvalue weighted by atomic mass is 32.2. The molecule has 0 aromatic carbocycles. The first-order valence-corrected chi connectivity index (χ1v) is 4.99. The van der Waals surface area contributed by atoms with Crippen molar-refractivity contribution in [3.63, 3.8) is 0 Å². The van der Waals surface area contributed by atoms with Crippen molar-refractivity contribution in [1.82, 2.24) is 9.97 Å². The number of sulfone groups is 1. The van der Waals surface area contributed by atoms with Crippen molar-refractivity contribution >= 4 is 9.84 Å². The van der Waals surface area contributed by atoms with Crippen LogP contribution in [0.1, 0.15) is 0 Å². The monoisotopic (exact) mass is 188 g/mol. The molecule has 12 heavy (non-hydrogen) atoms. The quantitative estimate of drug-likeness (QED) is 0.605. The Balaban J connectivity index is 3.09. The van der Waals surface area contributed by atoms with E-state index in [1.807, 2.05) is 0 Å². The van der Waals surface area contributed by atoms with Gasteiger partial charge in [0.1, 0.15) is 0 Å². The molecule has 0 radical (unpaired) electrons. The zero-order valence-electron chi connectivity index (χ0n) is 6.68. The summed E-state index contributed by atoms with van der Waals surface area (Å²) in [6.45, 7) is 0. The van der Waals surface area contributed by atoms with E-state index in [1.165, 1.54) is 19.5 Å². The molecular weight excluding hydrogens is 180 g/mol. The van der Waals surface area contributed by atoms with Crippen molar-refractivity contribution in [1.29, 1.82) is 0 Å². The Bertz CT molecular complexity index is 357. The largest absolute Gasteiger partial charge is 0.494 e. The van der Waals surface area contributed by atoms with Crippen LogP contribution in [0, 0.1) is 0 Å². The van der Waals surface area contributed by atoms with Gasteiger partial charge in [0.15, 0.2) is 5.75 Å². The maximum atomic E-state index is 10.9. The molecule has 1 rings (SSSR count). The molecule has 5 nitrogen and oxygen atoms in total. The molecule has 0 spiro atoms. The third-order valence-electron chi connectivity index (χ3n) is 1.17. The molecule has 0 N–H and O–H groups in total. The van der Waals surface area contributed by atoms with E-state index in [2.05, 4.69) is 9.97 Å². The Labute approximate surface area is 70.3 Å². The van der Waals surface area contributed by atoms with E-state index < -0.39 is 9.84 Å². The van der Waals surface area contributed by atoms with Gasteiger partial charge in [-0.25, -0.2) is 18.4 Å². The highest BCUT2D eigenvalue weighted by Gasteiger charge is 2.09. The van der Waals surface area contributed by atoms with Gasteiger partial charge in [0.25, 0.3) is 0 Å². The average Bonchev–Trinajstić information content (AvgIpc) is 2.03. The van der Waals surface area contributed by atoms with Crippen LogP contribution in [0.25, 0.3) is 0 Å². The van der Waals surface area contributed by atoms with Crippen molar-refractivity contribution < 1.29 is 13.2 Å².